The average Bonchev–Trinajstić information content (AvgIpc) is 2.48. The van der Waals surface area contributed by atoms with Crippen LogP contribution in [0.25, 0.3) is 0 Å². The molecule has 0 aliphatic heterocycles. The molecule has 2 aromatic carbocycles. The van der Waals surface area contributed by atoms with E-state index in [1.54, 1.807) is 26.0 Å². The van der Waals surface area contributed by atoms with Crippen molar-refractivity contribution in [2.45, 2.75) is 20.8 Å². The van der Waals surface area contributed by atoms with Gasteiger partial charge in [0.2, 0.25) is 0 Å². The predicted octanol–water partition coefficient (Wildman–Crippen LogP) is 4.88. The molecule has 0 saturated carbocycles. The Bertz CT molecular complexity index is 680. The topological polar surface area (TPSA) is 49.3 Å². The summed E-state index contributed by atoms with van der Waals surface area (Å²) < 4.78 is 0. The predicted molar refractivity (Wildman–Crippen MR) is 86.7 cm³/mol. The molecular weight excluding hydrogens is 309 g/mol. The molecular formula is C16H15Cl2NO2. The minimum atomic E-state index is -0.251. The number of halogens is 2. The van der Waals surface area contributed by atoms with Crippen molar-refractivity contribution in [3.05, 3.63) is 56.6 Å². The normalized spacial score (nSPS) is 10.5. The van der Waals surface area contributed by atoms with Crippen molar-refractivity contribution in [2.75, 3.05) is 5.32 Å². The number of phenols is 1. The number of benzene rings is 2. The third kappa shape index (κ3) is 2.99. The zero-order chi connectivity index (χ0) is 15.7. The van der Waals surface area contributed by atoms with Crippen LogP contribution in [0.4, 0.5) is 5.69 Å². The van der Waals surface area contributed by atoms with Crippen molar-refractivity contribution in [2.24, 2.45) is 0 Å². The number of hydrogen-bond donors (Lipinski definition) is 2. The van der Waals surface area contributed by atoms with Gasteiger partial charge in [0.15, 0.2) is 5.75 Å². The Kier molecular flexibility index (Phi) is 4.45. The van der Waals surface area contributed by atoms with E-state index < -0.39 is 0 Å². The SMILES string of the molecule is Cc1ccc(C(=O)Nc2c(C)c(Cl)c(O)c(Cl)c2C)cc1. The Balaban J connectivity index is 2.40. The lowest BCUT2D eigenvalue weighted by molar-refractivity contribution is 0.102. The quantitative estimate of drug-likeness (QED) is 0.774. The molecule has 3 nitrogen and oxygen atoms in total. The zero-order valence-electron chi connectivity index (χ0n) is 11.9. The first-order valence-electron chi connectivity index (χ1n) is 6.38. The summed E-state index contributed by atoms with van der Waals surface area (Å²) in [6.45, 7) is 5.39. The number of hydrogen-bond acceptors (Lipinski definition) is 2. The molecule has 0 unspecified atom stereocenters. The van der Waals surface area contributed by atoms with E-state index >= 15 is 0 Å². The van der Waals surface area contributed by atoms with Crippen molar-refractivity contribution >= 4 is 34.8 Å². The maximum atomic E-state index is 12.3. The van der Waals surface area contributed by atoms with Gasteiger partial charge in [-0.3, -0.25) is 4.79 Å². The summed E-state index contributed by atoms with van der Waals surface area (Å²) >= 11 is 12.0. The van der Waals surface area contributed by atoms with E-state index in [1.165, 1.54) is 0 Å². The number of aromatic hydroxyl groups is 1. The lowest BCUT2D eigenvalue weighted by Gasteiger charge is -2.16. The van der Waals surface area contributed by atoms with Crippen LogP contribution < -0.4 is 5.32 Å². The van der Waals surface area contributed by atoms with Crippen LogP contribution in [0.2, 0.25) is 10.0 Å². The Morgan fingerprint density at radius 2 is 1.48 bits per heavy atom. The molecule has 0 fully saturated rings. The van der Waals surface area contributed by atoms with Gasteiger partial charge in [0.1, 0.15) is 0 Å². The van der Waals surface area contributed by atoms with Crippen LogP contribution in [0.1, 0.15) is 27.0 Å². The van der Waals surface area contributed by atoms with Gasteiger partial charge in [-0.05, 0) is 44.0 Å². The fraction of sp³-hybridized carbons (Fsp3) is 0.188. The zero-order valence-corrected chi connectivity index (χ0v) is 13.4. The Labute approximate surface area is 133 Å². The minimum absolute atomic E-state index is 0.143. The monoisotopic (exact) mass is 323 g/mol. The molecule has 5 heteroatoms. The Hall–Kier alpha value is -1.71. The standard InChI is InChI=1S/C16H15Cl2NO2/c1-8-4-6-11(7-5-8)16(21)19-14-9(2)12(17)15(20)13(18)10(14)3/h4-7,20H,1-3H3,(H,19,21). The van der Waals surface area contributed by atoms with Gasteiger partial charge < -0.3 is 10.4 Å². The first-order valence-corrected chi connectivity index (χ1v) is 7.13. The van der Waals surface area contributed by atoms with Crippen molar-refractivity contribution in [1.82, 2.24) is 0 Å². The lowest BCUT2D eigenvalue weighted by Crippen LogP contribution is -2.14. The summed E-state index contributed by atoms with van der Waals surface area (Å²) in [5, 5.41) is 12.9. The van der Waals surface area contributed by atoms with E-state index in [0.717, 1.165) is 5.56 Å². The number of carbonyl (C=O) groups is 1. The van der Waals surface area contributed by atoms with Gasteiger partial charge in [-0.1, -0.05) is 40.9 Å². The van der Waals surface area contributed by atoms with Gasteiger partial charge in [-0.25, -0.2) is 0 Å². The largest absolute Gasteiger partial charge is 0.505 e. The molecule has 21 heavy (non-hydrogen) atoms. The molecule has 0 heterocycles. The summed E-state index contributed by atoms with van der Waals surface area (Å²) in [6, 6.07) is 7.23. The highest BCUT2D eigenvalue weighted by atomic mass is 35.5. The molecule has 110 valence electrons. The van der Waals surface area contributed by atoms with Crippen LogP contribution >= 0.6 is 23.2 Å². The third-order valence-electron chi connectivity index (χ3n) is 3.38. The third-order valence-corrected chi connectivity index (χ3v) is 4.30. The van der Waals surface area contributed by atoms with Crippen molar-refractivity contribution < 1.29 is 9.90 Å². The van der Waals surface area contributed by atoms with Crippen molar-refractivity contribution in [3.8, 4) is 5.75 Å². The number of aryl methyl sites for hydroxylation is 1. The fourth-order valence-corrected chi connectivity index (χ4v) is 2.46. The summed E-state index contributed by atoms with van der Waals surface area (Å²) in [5.41, 5.74) is 3.30. The Morgan fingerprint density at radius 3 is 1.95 bits per heavy atom. The van der Waals surface area contributed by atoms with Crippen LogP contribution in [-0.2, 0) is 0 Å². The van der Waals surface area contributed by atoms with Gasteiger partial charge in [0, 0.05) is 5.56 Å². The molecule has 1 amide bonds. The highest BCUT2D eigenvalue weighted by Crippen LogP contribution is 2.42. The van der Waals surface area contributed by atoms with Crippen molar-refractivity contribution in [3.63, 3.8) is 0 Å². The van der Waals surface area contributed by atoms with Crippen LogP contribution in [-0.4, -0.2) is 11.0 Å². The number of rotatable bonds is 2. The number of amides is 1. The number of carbonyl (C=O) groups excluding carboxylic acids is 1. The molecule has 0 aliphatic rings. The highest BCUT2D eigenvalue weighted by molar-refractivity contribution is 6.39. The van der Waals surface area contributed by atoms with Gasteiger partial charge >= 0.3 is 0 Å². The average molecular weight is 324 g/mol. The smallest absolute Gasteiger partial charge is 0.255 e. The van der Waals surface area contributed by atoms with E-state index in [9.17, 15) is 9.90 Å². The maximum absolute atomic E-state index is 12.3. The van der Waals surface area contributed by atoms with E-state index in [4.69, 9.17) is 23.2 Å². The molecule has 0 spiro atoms. The van der Waals surface area contributed by atoms with Gasteiger partial charge in [-0.15, -0.1) is 0 Å². The molecule has 0 atom stereocenters. The molecule has 0 radical (unpaired) electrons. The first kappa shape index (κ1) is 15.7. The number of nitrogens with one attached hydrogen (secondary N) is 1. The van der Waals surface area contributed by atoms with Crippen LogP contribution in [0.3, 0.4) is 0 Å². The Morgan fingerprint density at radius 1 is 1.00 bits per heavy atom. The molecule has 2 rings (SSSR count). The summed E-state index contributed by atoms with van der Waals surface area (Å²) in [4.78, 5) is 12.3. The van der Waals surface area contributed by atoms with E-state index in [-0.39, 0.29) is 21.7 Å². The molecule has 2 aromatic rings. The summed E-state index contributed by atoms with van der Waals surface area (Å²) in [7, 11) is 0. The first-order chi connectivity index (χ1) is 9.82. The lowest BCUT2D eigenvalue weighted by atomic mass is 10.1. The maximum Gasteiger partial charge on any atom is 0.255 e. The van der Waals surface area contributed by atoms with Crippen LogP contribution in [0, 0.1) is 20.8 Å². The number of phenolic OH excluding ortho intramolecular Hbond substituents is 1. The van der Waals surface area contributed by atoms with E-state index in [0.29, 0.717) is 22.4 Å². The molecule has 0 saturated heterocycles. The second-order valence-electron chi connectivity index (χ2n) is 4.92. The van der Waals surface area contributed by atoms with E-state index in [2.05, 4.69) is 5.32 Å². The second-order valence-corrected chi connectivity index (χ2v) is 5.68. The number of anilines is 1. The summed E-state index contributed by atoms with van der Waals surface area (Å²) in [5.74, 6) is -0.416. The highest BCUT2D eigenvalue weighted by Gasteiger charge is 2.18. The van der Waals surface area contributed by atoms with Crippen molar-refractivity contribution in [1.29, 1.82) is 0 Å². The van der Waals surface area contributed by atoms with Gasteiger partial charge in [0.25, 0.3) is 5.91 Å². The van der Waals surface area contributed by atoms with E-state index in [1.807, 2.05) is 19.1 Å². The van der Waals surface area contributed by atoms with Gasteiger partial charge in [0.05, 0.1) is 15.7 Å². The van der Waals surface area contributed by atoms with Gasteiger partial charge in [-0.2, -0.15) is 0 Å². The second kappa shape index (κ2) is 5.96. The summed E-state index contributed by atoms with van der Waals surface area (Å²) in [6.07, 6.45) is 0. The fourth-order valence-electron chi connectivity index (χ4n) is 2.03. The molecule has 0 bridgehead atoms. The molecule has 0 aliphatic carbocycles. The molecule has 0 aromatic heterocycles. The molecule has 2 N–H and O–H groups in total. The van der Waals surface area contributed by atoms with Crippen LogP contribution in [0.5, 0.6) is 5.75 Å². The van der Waals surface area contributed by atoms with Crippen LogP contribution in [0.15, 0.2) is 24.3 Å². The minimum Gasteiger partial charge on any atom is -0.505 e.